The molecule has 0 aliphatic carbocycles. The molecule has 1 aromatic carbocycles. The molecule has 25 heavy (non-hydrogen) atoms. The summed E-state index contributed by atoms with van der Waals surface area (Å²) in [6.07, 6.45) is 2.93. The van der Waals surface area contributed by atoms with Gasteiger partial charge in [-0.3, -0.25) is 0 Å². The first-order valence-electron chi connectivity index (χ1n) is 7.94. The Morgan fingerprint density at radius 2 is 2.08 bits per heavy atom. The van der Waals surface area contributed by atoms with Gasteiger partial charge < -0.3 is 14.1 Å². The molecule has 2 heterocycles. The van der Waals surface area contributed by atoms with E-state index < -0.39 is 15.6 Å². The number of furan rings is 1. The molecular formula is C17H21N3O4S. The summed E-state index contributed by atoms with van der Waals surface area (Å²) in [5.41, 5.74) is -0.858. The number of fused-ring (bicyclic) bond motifs is 1. The number of imidazole rings is 1. The van der Waals surface area contributed by atoms with E-state index in [1.807, 2.05) is 32.0 Å². The third-order valence-corrected chi connectivity index (χ3v) is 5.30. The van der Waals surface area contributed by atoms with Gasteiger partial charge in [0.1, 0.15) is 16.9 Å². The standard InChI is InChI=1S/C17H21N3O4S/c1-12(2)20-9-16(18-11-20)25(22,23)19-10-17(3,21)15-8-13-6-4-5-7-14(13)24-15/h4-9,11-12,19,21H,10H2,1-3H3/t17-/m1/s1. The number of para-hydroxylation sites is 1. The van der Waals surface area contributed by atoms with Crippen LogP contribution in [0.3, 0.4) is 0 Å². The Labute approximate surface area is 146 Å². The molecule has 0 saturated heterocycles. The molecule has 3 aromatic rings. The van der Waals surface area contributed by atoms with Crippen LogP contribution in [-0.4, -0.2) is 29.6 Å². The van der Waals surface area contributed by atoms with Gasteiger partial charge in [0, 0.05) is 24.2 Å². The van der Waals surface area contributed by atoms with Crippen molar-refractivity contribution in [3.63, 3.8) is 0 Å². The van der Waals surface area contributed by atoms with Crippen LogP contribution in [0, 0.1) is 0 Å². The van der Waals surface area contributed by atoms with Crippen molar-refractivity contribution >= 4 is 21.0 Å². The van der Waals surface area contributed by atoms with E-state index >= 15 is 0 Å². The van der Waals surface area contributed by atoms with Crippen LogP contribution in [0.25, 0.3) is 11.0 Å². The van der Waals surface area contributed by atoms with Gasteiger partial charge in [-0.2, -0.15) is 0 Å². The van der Waals surface area contributed by atoms with E-state index in [0.717, 1.165) is 5.39 Å². The monoisotopic (exact) mass is 363 g/mol. The molecular weight excluding hydrogens is 342 g/mol. The lowest BCUT2D eigenvalue weighted by Crippen LogP contribution is -2.38. The minimum atomic E-state index is -3.83. The molecule has 0 radical (unpaired) electrons. The molecule has 0 bridgehead atoms. The van der Waals surface area contributed by atoms with Crippen molar-refractivity contribution in [2.75, 3.05) is 6.54 Å². The number of hydrogen-bond donors (Lipinski definition) is 2. The van der Waals surface area contributed by atoms with E-state index in [0.29, 0.717) is 11.3 Å². The Balaban J connectivity index is 1.78. The van der Waals surface area contributed by atoms with Crippen molar-refractivity contribution in [3.05, 3.63) is 48.6 Å². The fourth-order valence-electron chi connectivity index (χ4n) is 2.38. The molecule has 134 valence electrons. The number of benzene rings is 1. The third kappa shape index (κ3) is 3.60. The van der Waals surface area contributed by atoms with E-state index in [9.17, 15) is 13.5 Å². The van der Waals surface area contributed by atoms with Crippen molar-refractivity contribution in [1.29, 1.82) is 0 Å². The van der Waals surface area contributed by atoms with Gasteiger partial charge in [0.15, 0.2) is 5.03 Å². The molecule has 0 aliphatic heterocycles. The zero-order valence-electron chi connectivity index (χ0n) is 14.3. The largest absolute Gasteiger partial charge is 0.458 e. The summed E-state index contributed by atoms with van der Waals surface area (Å²) in [6, 6.07) is 9.16. The minimum Gasteiger partial charge on any atom is -0.458 e. The predicted molar refractivity (Wildman–Crippen MR) is 93.6 cm³/mol. The van der Waals surface area contributed by atoms with E-state index in [1.165, 1.54) is 19.4 Å². The smallest absolute Gasteiger partial charge is 0.259 e. The number of nitrogens with zero attached hydrogens (tertiary/aromatic N) is 2. The Hall–Kier alpha value is -2.16. The first kappa shape index (κ1) is 17.7. The van der Waals surface area contributed by atoms with Crippen LogP contribution in [0.1, 0.15) is 32.6 Å². The maximum absolute atomic E-state index is 12.4. The summed E-state index contributed by atoms with van der Waals surface area (Å²) in [5, 5.41) is 11.4. The summed E-state index contributed by atoms with van der Waals surface area (Å²) in [6.45, 7) is 5.12. The third-order valence-electron chi connectivity index (χ3n) is 4.01. The van der Waals surface area contributed by atoms with Crippen molar-refractivity contribution < 1.29 is 17.9 Å². The molecule has 0 spiro atoms. The van der Waals surface area contributed by atoms with E-state index in [4.69, 9.17) is 4.42 Å². The van der Waals surface area contributed by atoms with Gasteiger partial charge in [-0.25, -0.2) is 18.1 Å². The molecule has 2 aromatic heterocycles. The summed E-state index contributed by atoms with van der Waals surface area (Å²) in [5.74, 6) is 0.295. The second kappa shape index (κ2) is 6.29. The highest BCUT2D eigenvalue weighted by Gasteiger charge is 2.30. The van der Waals surface area contributed by atoms with Crippen LogP contribution < -0.4 is 4.72 Å². The molecule has 0 amide bonds. The van der Waals surface area contributed by atoms with Crippen LogP contribution in [-0.2, 0) is 15.6 Å². The number of aromatic nitrogens is 2. The molecule has 0 aliphatic rings. The van der Waals surface area contributed by atoms with Gasteiger partial charge in [-0.15, -0.1) is 0 Å². The topological polar surface area (TPSA) is 97.4 Å². The van der Waals surface area contributed by atoms with Gasteiger partial charge in [0.2, 0.25) is 0 Å². The number of rotatable bonds is 6. The number of sulfonamides is 1. The maximum atomic E-state index is 12.4. The van der Waals surface area contributed by atoms with Crippen LogP contribution in [0.15, 0.2) is 52.3 Å². The van der Waals surface area contributed by atoms with Crippen molar-refractivity contribution in [2.24, 2.45) is 0 Å². The Bertz CT molecular complexity index is 953. The minimum absolute atomic E-state index is 0.0818. The van der Waals surface area contributed by atoms with E-state index in [-0.39, 0.29) is 17.6 Å². The molecule has 3 rings (SSSR count). The maximum Gasteiger partial charge on any atom is 0.259 e. The summed E-state index contributed by atoms with van der Waals surface area (Å²) < 4.78 is 34.5. The highest BCUT2D eigenvalue weighted by molar-refractivity contribution is 7.89. The lowest BCUT2D eigenvalue weighted by atomic mass is 10.0. The van der Waals surface area contributed by atoms with Crippen molar-refractivity contribution in [3.8, 4) is 0 Å². The molecule has 0 unspecified atom stereocenters. The molecule has 2 N–H and O–H groups in total. The zero-order valence-corrected chi connectivity index (χ0v) is 15.1. The normalized spacial score (nSPS) is 14.9. The zero-order chi connectivity index (χ0) is 18.2. The average molecular weight is 363 g/mol. The van der Waals surface area contributed by atoms with Crippen LogP contribution in [0.2, 0.25) is 0 Å². The number of nitrogens with one attached hydrogen (secondary N) is 1. The van der Waals surface area contributed by atoms with Crippen molar-refractivity contribution in [2.45, 2.75) is 37.4 Å². The molecule has 0 fully saturated rings. The molecule has 0 saturated carbocycles. The number of aliphatic hydroxyl groups is 1. The molecule has 8 heteroatoms. The summed E-state index contributed by atoms with van der Waals surface area (Å²) in [4.78, 5) is 3.92. The fourth-order valence-corrected chi connectivity index (χ4v) is 3.45. The van der Waals surface area contributed by atoms with Gasteiger partial charge >= 0.3 is 0 Å². The highest BCUT2D eigenvalue weighted by atomic mass is 32.2. The van der Waals surface area contributed by atoms with Gasteiger partial charge in [0.05, 0.1) is 6.33 Å². The molecule has 7 nitrogen and oxygen atoms in total. The van der Waals surface area contributed by atoms with E-state index in [1.54, 1.807) is 16.7 Å². The summed E-state index contributed by atoms with van der Waals surface area (Å²) in [7, 11) is -3.83. The van der Waals surface area contributed by atoms with Crippen molar-refractivity contribution in [1.82, 2.24) is 14.3 Å². The van der Waals surface area contributed by atoms with Crippen LogP contribution >= 0.6 is 0 Å². The van der Waals surface area contributed by atoms with E-state index in [2.05, 4.69) is 9.71 Å². The Morgan fingerprint density at radius 1 is 1.36 bits per heavy atom. The Morgan fingerprint density at radius 3 is 2.72 bits per heavy atom. The summed E-state index contributed by atoms with van der Waals surface area (Å²) >= 11 is 0. The highest BCUT2D eigenvalue weighted by Crippen LogP contribution is 2.27. The predicted octanol–water partition coefficient (Wildman–Crippen LogP) is 2.40. The average Bonchev–Trinajstić information content (AvgIpc) is 3.20. The lowest BCUT2D eigenvalue weighted by Gasteiger charge is -2.20. The SMILES string of the molecule is CC(C)n1cnc(S(=O)(=O)NC[C@@](C)(O)c2cc3ccccc3o2)c1. The van der Waals surface area contributed by atoms with Gasteiger partial charge in [-0.05, 0) is 32.9 Å². The lowest BCUT2D eigenvalue weighted by molar-refractivity contribution is 0.0411. The Kier molecular flexibility index (Phi) is 4.44. The number of hydrogen-bond acceptors (Lipinski definition) is 5. The molecule has 1 atom stereocenters. The van der Waals surface area contributed by atoms with Crippen LogP contribution in [0.5, 0.6) is 0 Å². The second-order valence-electron chi connectivity index (χ2n) is 6.50. The first-order chi connectivity index (χ1) is 11.7. The second-order valence-corrected chi connectivity index (χ2v) is 8.21. The van der Waals surface area contributed by atoms with Gasteiger partial charge in [-0.1, -0.05) is 18.2 Å². The van der Waals surface area contributed by atoms with Crippen LogP contribution in [0.4, 0.5) is 0 Å². The quantitative estimate of drug-likeness (QED) is 0.701. The fraction of sp³-hybridized carbons (Fsp3) is 0.353. The van der Waals surface area contributed by atoms with Gasteiger partial charge in [0.25, 0.3) is 10.0 Å². The first-order valence-corrected chi connectivity index (χ1v) is 9.42.